The van der Waals surface area contributed by atoms with E-state index in [2.05, 4.69) is 20.0 Å². The number of carbonyl (C=O) groups is 2. The maximum Gasteiger partial charge on any atom is 0.413 e. The smallest absolute Gasteiger partial charge is 0.413 e. The molecule has 22 heavy (non-hydrogen) atoms. The number of nitrogens with zero attached hydrogens (tertiary/aromatic N) is 2. The number of amides is 2. The van der Waals surface area contributed by atoms with Crippen molar-refractivity contribution in [3.63, 3.8) is 0 Å². The van der Waals surface area contributed by atoms with E-state index in [0.29, 0.717) is 0 Å². The minimum atomic E-state index is -0.711. The SMILES string of the molecule is CCOC(=O)NC(=O)CSc1ncnc2sc3c(c12)CCC3. The lowest BCUT2D eigenvalue weighted by Crippen LogP contribution is -2.32. The molecule has 1 aliphatic rings. The summed E-state index contributed by atoms with van der Waals surface area (Å²) in [5.41, 5.74) is 1.33. The monoisotopic (exact) mass is 337 g/mol. The van der Waals surface area contributed by atoms with Gasteiger partial charge in [0.25, 0.3) is 0 Å². The van der Waals surface area contributed by atoms with E-state index in [4.69, 9.17) is 0 Å². The van der Waals surface area contributed by atoms with E-state index < -0.39 is 6.09 Å². The molecule has 0 aromatic carbocycles. The van der Waals surface area contributed by atoms with E-state index in [1.54, 1.807) is 18.3 Å². The number of alkyl carbamates (subject to hydrolysis) is 1. The van der Waals surface area contributed by atoms with E-state index >= 15 is 0 Å². The average molecular weight is 337 g/mol. The third-order valence-electron chi connectivity index (χ3n) is 3.32. The van der Waals surface area contributed by atoms with Gasteiger partial charge in [0.05, 0.1) is 12.4 Å². The zero-order valence-corrected chi connectivity index (χ0v) is 13.7. The number of thioether (sulfide) groups is 1. The number of ether oxygens (including phenoxy) is 1. The number of aromatic nitrogens is 2. The van der Waals surface area contributed by atoms with Gasteiger partial charge in [-0.3, -0.25) is 10.1 Å². The molecule has 0 unspecified atom stereocenters. The highest BCUT2D eigenvalue weighted by atomic mass is 32.2. The molecular weight excluding hydrogens is 322 g/mol. The highest BCUT2D eigenvalue weighted by molar-refractivity contribution is 8.00. The predicted octanol–water partition coefficient (Wildman–Crippen LogP) is 2.54. The minimum absolute atomic E-state index is 0.121. The minimum Gasteiger partial charge on any atom is -0.450 e. The quantitative estimate of drug-likeness (QED) is 0.682. The number of hydrogen-bond acceptors (Lipinski definition) is 7. The molecule has 0 saturated heterocycles. The highest BCUT2D eigenvalue weighted by Gasteiger charge is 2.21. The molecule has 0 aliphatic heterocycles. The lowest BCUT2D eigenvalue weighted by Gasteiger charge is -2.05. The number of nitrogens with one attached hydrogen (secondary N) is 1. The number of rotatable bonds is 4. The van der Waals surface area contributed by atoms with Gasteiger partial charge in [0.15, 0.2) is 0 Å². The topological polar surface area (TPSA) is 81.2 Å². The highest BCUT2D eigenvalue weighted by Crippen LogP contribution is 2.39. The number of carbonyl (C=O) groups excluding carboxylic acids is 2. The van der Waals surface area contributed by atoms with Crippen LogP contribution in [0, 0.1) is 0 Å². The van der Waals surface area contributed by atoms with Crippen LogP contribution < -0.4 is 5.32 Å². The fourth-order valence-corrected chi connectivity index (χ4v) is 4.58. The first-order chi connectivity index (χ1) is 10.7. The molecule has 0 fully saturated rings. The van der Waals surface area contributed by atoms with E-state index in [1.807, 2.05) is 0 Å². The van der Waals surface area contributed by atoms with Crippen LogP contribution in [-0.2, 0) is 22.4 Å². The third-order valence-corrected chi connectivity index (χ3v) is 5.51. The van der Waals surface area contributed by atoms with Gasteiger partial charge in [0.2, 0.25) is 5.91 Å². The fraction of sp³-hybridized carbons (Fsp3) is 0.429. The lowest BCUT2D eigenvalue weighted by atomic mass is 10.2. The molecule has 0 saturated carbocycles. The van der Waals surface area contributed by atoms with E-state index in [1.165, 1.54) is 35.0 Å². The van der Waals surface area contributed by atoms with Crippen molar-refractivity contribution in [1.82, 2.24) is 15.3 Å². The molecular formula is C14H15N3O3S2. The molecule has 0 bridgehead atoms. The summed E-state index contributed by atoms with van der Waals surface area (Å²) in [6.07, 6.45) is 4.13. The van der Waals surface area contributed by atoms with Gasteiger partial charge in [-0.2, -0.15) is 0 Å². The first kappa shape index (κ1) is 15.2. The maximum atomic E-state index is 11.7. The van der Waals surface area contributed by atoms with Crippen LogP contribution in [0.3, 0.4) is 0 Å². The lowest BCUT2D eigenvalue weighted by molar-refractivity contribution is -0.117. The average Bonchev–Trinajstić information content (AvgIpc) is 3.05. The first-order valence-electron chi connectivity index (χ1n) is 7.03. The summed E-state index contributed by atoms with van der Waals surface area (Å²) in [5, 5.41) is 4.07. The van der Waals surface area contributed by atoms with Crippen LogP contribution in [0.25, 0.3) is 10.2 Å². The Morgan fingerprint density at radius 1 is 1.41 bits per heavy atom. The van der Waals surface area contributed by atoms with Gasteiger partial charge in [0.1, 0.15) is 16.2 Å². The Balaban J connectivity index is 1.72. The molecule has 1 N–H and O–H groups in total. The van der Waals surface area contributed by atoms with Gasteiger partial charge in [-0.05, 0) is 31.7 Å². The molecule has 116 valence electrons. The summed E-state index contributed by atoms with van der Waals surface area (Å²) < 4.78 is 4.68. The Bertz CT molecular complexity index is 729. The standard InChI is InChI=1S/C14H15N3O3S2/c1-2-20-14(19)17-10(18)6-21-12-11-8-4-3-5-9(8)22-13(11)16-7-15-12/h7H,2-6H2,1H3,(H,17,18,19). The summed E-state index contributed by atoms with van der Waals surface area (Å²) in [5.74, 6) is -0.266. The van der Waals surface area contributed by atoms with Gasteiger partial charge < -0.3 is 4.74 Å². The van der Waals surface area contributed by atoms with Crippen molar-refractivity contribution in [1.29, 1.82) is 0 Å². The molecule has 3 rings (SSSR count). The molecule has 0 atom stereocenters. The molecule has 1 aliphatic carbocycles. The van der Waals surface area contributed by atoms with Gasteiger partial charge in [-0.15, -0.1) is 11.3 Å². The molecule has 6 nitrogen and oxygen atoms in total. The second-order valence-corrected chi connectivity index (χ2v) is 6.82. The fourth-order valence-electron chi connectivity index (χ4n) is 2.46. The zero-order chi connectivity index (χ0) is 15.5. The van der Waals surface area contributed by atoms with Crippen LogP contribution in [-0.4, -0.2) is 34.3 Å². The van der Waals surface area contributed by atoms with Crippen molar-refractivity contribution in [2.75, 3.05) is 12.4 Å². The number of fused-ring (bicyclic) bond motifs is 3. The van der Waals surface area contributed by atoms with Crippen molar-refractivity contribution in [3.8, 4) is 0 Å². The van der Waals surface area contributed by atoms with Crippen LogP contribution in [0.15, 0.2) is 11.4 Å². The van der Waals surface area contributed by atoms with Crippen LogP contribution in [0.5, 0.6) is 0 Å². The van der Waals surface area contributed by atoms with Gasteiger partial charge >= 0.3 is 6.09 Å². The van der Waals surface area contributed by atoms with Gasteiger partial charge in [0, 0.05) is 10.3 Å². The van der Waals surface area contributed by atoms with E-state index in [9.17, 15) is 9.59 Å². The maximum absolute atomic E-state index is 11.7. The Morgan fingerprint density at radius 2 is 2.27 bits per heavy atom. The number of hydrogen-bond donors (Lipinski definition) is 1. The van der Waals surface area contributed by atoms with Gasteiger partial charge in [-0.1, -0.05) is 11.8 Å². The first-order valence-corrected chi connectivity index (χ1v) is 8.84. The van der Waals surface area contributed by atoms with Crippen molar-refractivity contribution >= 4 is 45.3 Å². The summed E-state index contributed by atoms with van der Waals surface area (Å²) in [4.78, 5) is 33.9. The number of thiophene rings is 1. The van der Waals surface area contributed by atoms with Crippen LogP contribution >= 0.6 is 23.1 Å². The molecule has 0 spiro atoms. The third kappa shape index (κ3) is 3.07. The van der Waals surface area contributed by atoms with Crippen LogP contribution in [0.4, 0.5) is 4.79 Å². The molecule has 2 aromatic rings. The largest absolute Gasteiger partial charge is 0.450 e. The molecule has 8 heteroatoms. The Labute approximate surface area is 135 Å². The summed E-state index contributed by atoms with van der Waals surface area (Å²) in [6, 6.07) is 0. The van der Waals surface area contributed by atoms with Gasteiger partial charge in [-0.25, -0.2) is 14.8 Å². The zero-order valence-electron chi connectivity index (χ0n) is 12.0. The summed E-state index contributed by atoms with van der Waals surface area (Å²) in [7, 11) is 0. The molecule has 2 amide bonds. The van der Waals surface area contributed by atoms with E-state index in [-0.39, 0.29) is 18.3 Å². The number of aryl methyl sites for hydroxylation is 2. The van der Waals surface area contributed by atoms with Crippen LogP contribution in [0.1, 0.15) is 23.8 Å². The molecule has 2 heterocycles. The summed E-state index contributed by atoms with van der Waals surface area (Å²) in [6.45, 7) is 1.92. The predicted molar refractivity (Wildman–Crippen MR) is 85.3 cm³/mol. The van der Waals surface area contributed by atoms with Crippen molar-refractivity contribution in [2.45, 2.75) is 31.2 Å². The Kier molecular flexibility index (Phi) is 4.58. The van der Waals surface area contributed by atoms with Crippen molar-refractivity contribution in [2.24, 2.45) is 0 Å². The van der Waals surface area contributed by atoms with Crippen LogP contribution in [0.2, 0.25) is 0 Å². The second-order valence-electron chi connectivity index (χ2n) is 4.77. The summed E-state index contributed by atoms with van der Waals surface area (Å²) >= 11 is 3.04. The Hall–Kier alpha value is -1.67. The number of imide groups is 1. The van der Waals surface area contributed by atoms with E-state index in [0.717, 1.165) is 28.1 Å². The normalized spacial score (nSPS) is 13.1. The molecule has 0 radical (unpaired) electrons. The Morgan fingerprint density at radius 3 is 3.09 bits per heavy atom. The second kappa shape index (κ2) is 6.62. The van der Waals surface area contributed by atoms with Crippen molar-refractivity contribution in [3.05, 3.63) is 16.8 Å². The van der Waals surface area contributed by atoms with Crippen molar-refractivity contribution < 1.29 is 14.3 Å². The molecule has 2 aromatic heterocycles.